The number of carbonyl (C=O) groups excluding carboxylic acids is 2. The molecule has 1 heterocycles. The summed E-state index contributed by atoms with van der Waals surface area (Å²) in [5.74, 6) is -0.412. The topological polar surface area (TPSA) is 110 Å². The monoisotopic (exact) mass is 483 g/mol. The van der Waals surface area contributed by atoms with Gasteiger partial charge in [-0.25, -0.2) is 0 Å². The van der Waals surface area contributed by atoms with Gasteiger partial charge in [-0.2, -0.15) is 5.26 Å². The Kier molecular flexibility index (Phi) is 7.55. The van der Waals surface area contributed by atoms with Gasteiger partial charge >= 0.3 is 5.97 Å². The van der Waals surface area contributed by atoms with E-state index in [1.165, 1.54) is 18.7 Å². The number of benzene rings is 3. The van der Waals surface area contributed by atoms with Crippen molar-refractivity contribution in [3.8, 4) is 23.1 Å². The van der Waals surface area contributed by atoms with Gasteiger partial charge in [-0.1, -0.05) is 60.3 Å². The number of hydrogen-bond donors (Lipinski definition) is 1. The van der Waals surface area contributed by atoms with E-state index in [-0.39, 0.29) is 5.75 Å². The van der Waals surface area contributed by atoms with Crippen molar-refractivity contribution >= 4 is 29.3 Å². The molecule has 0 saturated carbocycles. The number of esters is 1. The lowest BCUT2D eigenvalue weighted by molar-refractivity contribution is -0.150. The molecule has 1 N–H and O–H groups in total. The number of nitriles is 1. The van der Waals surface area contributed by atoms with Gasteiger partial charge in [0.25, 0.3) is 5.91 Å². The number of anilines is 1. The number of hydrogen-bond acceptors (Lipinski definition) is 7. The highest BCUT2D eigenvalue weighted by molar-refractivity contribution is 7.99. The molecule has 0 aliphatic carbocycles. The van der Waals surface area contributed by atoms with Crippen LogP contribution in [0, 0.1) is 11.3 Å². The molecule has 8 nitrogen and oxygen atoms in total. The van der Waals surface area contributed by atoms with E-state index < -0.39 is 18.0 Å². The molecule has 174 valence electrons. The van der Waals surface area contributed by atoms with Gasteiger partial charge in [0.15, 0.2) is 17.1 Å². The minimum absolute atomic E-state index is 0.0474. The van der Waals surface area contributed by atoms with Crippen molar-refractivity contribution in [2.24, 2.45) is 0 Å². The molecule has 1 amide bonds. The molecule has 0 aliphatic rings. The van der Waals surface area contributed by atoms with Crippen LogP contribution < -0.4 is 5.32 Å². The fraction of sp³-hybridized carbons (Fsp3) is 0.115. The molecule has 1 atom stereocenters. The zero-order valence-corrected chi connectivity index (χ0v) is 19.6. The lowest BCUT2D eigenvalue weighted by Crippen LogP contribution is -2.30. The summed E-state index contributed by atoms with van der Waals surface area (Å²) in [5.41, 5.74) is 2.75. The smallest absolute Gasteiger partial charge is 0.317 e. The Hall–Kier alpha value is -4.42. The Morgan fingerprint density at radius 1 is 1.00 bits per heavy atom. The molecule has 4 rings (SSSR count). The number of ether oxygens (including phenoxy) is 1. The summed E-state index contributed by atoms with van der Waals surface area (Å²) < 4.78 is 7.19. The number of aromatic nitrogens is 3. The third-order valence-corrected chi connectivity index (χ3v) is 5.86. The first-order valence-electron chi connectivity index (χ1n) is 10.7. The lowest BCUT2D eigenvalue weighted by Gasteiger charge is -2.14. The van der Waals surface area contributed by atoms with Crippen LogP contribution >= 0.6 is 11.8 Å². The Balaban J connectivity index is 1.41. The van der Waals surface area contributed by atoms with Crippen LogP contribution in [0.25, 0.3) is 17.1 Å². The van der Waals surface area contributed by atoms with E-state index >= 15 is 0 Å². The maximum absolute atomic E-state index is 12.5. The molecular formula is C26H21N5O3S. The van der Waals surface area contributed by atoms with Gasteiger partial charge in [0.1, 0.15) is 0 Å². The van der Waals surface area contributed by atoms with Gasteiger partial charge in [-0.15, -0.1) is 10.2 Å². The fourth-order valence-corrected chi connectivity index (χ4v) is 3.96. The molecule has 1 unspecified atom stereocenters. The first-order chi connectivity index (χ1) is 17.0. The number of para-hydroxylation sites is 1. The molecule has 0 aliphatic heterocycles. The van der Waals surface area contributed by atoms with Crippen molar-refractivity contribution in [1.29, 1.82) is 5.26 Å². The summed E-state index contributed by atoms with van der Waals surface area (Å²) in [5, 5.41) is 20.7. The Morgan fingerprint density at radius 2 is 1.66 bits per heavy atom. The highest BCUT2D eigenvalue weighted by Crippen LogP contribution is 2.28. The quantitative estimate of drug-likeness (QED) is 0.291. The standard InChI is InChI=1S/C26H21N5O3S/c1-18(25(33)28-21-14-12-19(16-27)13-15-21)34-23(32)17-35-26-30-29-24(20-8-4-2-5-9-20)31(26)22-10-6-3-7-11-22/h2-15,18H,17H2,1H3,(H,28,33). The second kappa shape index (κ2) is 11.1. The van der Waals surface area contributed by atoms with Crippen LogP contribution in [0.2, 0.25) is 0 Å². The van der Waals surface area contributed by atoms with Gasteiger partial charge < -0.3 is 10.1 Å². The van der Waals surface area contributed by atoms with Crippen LogP contribution in [-0.4, -0.2) is 38.5 Å². The molecule has 1 aromatic heterocycles. The number of nitrogens with one attached hydrogen (secondary N) is 1. The van der Waals surface area contributed by atoms with Gasteiger partial charge in [-0.05, 0) is 43.3 Å². The summed E-state index contributed by atoms with van der Waals surface area (Å²) in [4.78, 5) is 24.9. The van der Waals surface area contributed by atoms with Crippen molar-refractivity contribution in [2.75, 3.05) is 11.1 Å². The summed E-state index contributed by atoms with van der Waals surface area (Å²) >= 11 is 1.18. The lowest BCUT2D eigenvalue weighted by atomic mass is 10.2. The molecular weight excluding hydrogens is 462 g/mol. The SMILES string of the molecule is CC(OC(=O)CSc1nnc(-c2ccccc2)n1-c1ccccc1)C(=O)Nc1ccc(C#N)cc1. The van der Waals surface area contributed by atoms with Crippen molar-refractivity contribution in [3.05, 3.63) is 90.5 Å². The number of thioether (sulfide) groups is 1. The van der Waals surface area contributed by atoms with E-state index in [2.05, 4.69) is 15.5 Å². The van der Waals surface area contributed by atoms with Crippen molar-refractivity contribution < 1.29 is 14.3 Å². The summed E-state index contributed by atoms with van der Waals surface area (Å²) in [6.07, 6.45) is -0.995. The van der Waals surface area contributed by atoms with Crippen LogP contribution in [0.15, 0.2) is 90.1 Å². The second-order valence-corrected chi connectivity index (χ2v) is 8.38. The Labute approximate surface area is 206 Å². The van der Waals surface area contributed by atoms with Gasteiger partial charge in [0, 0.05) is 16.9 Å². The maximum Gasteiger partial charge on any atom is 0.317 e. The van der Waals surface area contributed by atoms with E-state index in [0.717, 1.165) is 11.3 Å². The summed E-state index contributed by atoms with van der Waals surface area (Å²) in [7, 11) is 0. The molecule has 0 radical (unpaired) electrons. The number of amides is 1. The second-order valence-electron chi connectivity index (χ2n) is 7.44. The molecule has 0 fully saturated rings. The van der Waals surface area contributed by atoms with Crippen molar-refractivity contribution in [3.63, 3.8) is 0 Å². The van der Waals surface area contributed by atoms with Crippen molar-refractivity contribution in [1.82, 2.24) is 14.8 Å². The largest absolute Gasteiger partial charge is 0.452 e. The van der Waals surface area contributed by atoms with Crippen LogP contribution in [0.3, 0.4) is 0 Å². The average molecular weight is 484 g/mol. The predicted molar refractivity (Wildman–Crippen MR) is 133 cm³/mol. The van der Waals surface area contributed by atoms with E-state index in [4.69, 9.17) is 10.00 Å². The normalized spacial score (nSPS) is 11.3. The minimum atomic E-state index is -0.995. The molecule has 9 heteroatoms. The highest BCUT2D eigenvalue weighted by atomic mass is 32.2. The van der Waals surface area contributed by atoms with E-state index in [0.29, 0.717) is 22.2 Å². The first kappa shape index (κ1) is 23.7. The first-order valence-corrected chi connectivity index (χ1v) is 11.7. The molecule has 0 bridgehead atoms. The van der Waals surface area contributed by atoms with E-state index in [1.54, 1.807) is 24.3 Å². The minimum Gasteiger partial charge on any atom is -0.452 e. The number of carbonyl (C=O) groups is 2. The summed E-state index contributed by atoms with van der Waals surface area (Å²) in [6, 6.07) is 27.7. The molecule has 0 spiro atoms. The summed E-state index contributed by atoms with van der Waals surface area (Å²) in [6.45, 7) is 1.50. The Morgan fingerprint density at radius 3 is 2.31 bits per heavy atom. The zero-order valence-electron chi connectivity index (χ0n) is 18.8. The third-order valence-electron chi connectivity index (χ3n) is 4.96. The molecule has 35 heavy (non-hydrogen) atoms. The molecule has 3 aromatic carbocycles. The van der Waals surface area contributed by atoms with Crippen LogP contribution in [0.5, 0.6) is 0 Å². The van der Waals surface area contributed by atoms with Crippen LogP contribution in [0.1, 0.15) is 12.5 Å². The fourth-order valence-electron chi connectivity index (χ4n) is 3.23. The van der Waals surface area contributed by atoms with Gasteiger partial charge in [0.2, 0.25) is 0 Å². The zero-order chi connectivity index (χ0) is 24.6. The maximum atomic E-state index is 12.5. The predicted octanol–water partition coefficient (Wildman–Crippen LogP) is 4.47. The third kappa shape index (κ3) is 5.93. The number of nitrogens with zero attached hydrogens (tertiary/aromatic N) is 4. The number of rotatable bonds is 8. The van der Waals surface area contributed by atoms with Crippen molar-refractivity contribution in [2.45, 2.75) is 18.2 Å². The van der Waals surface area contributed by atoms with Crippen LogP contribution in [-0.2, 0) is 14.3 Å². The Bertz CT molecular complexity index is 1350. The molecule has 0 saturated heterocycles. The van der Waals surface area contributed by atoms with E-state index in [1.807, 2.05) is 71.3 Å². The van der Waals surface area contributed by atoms with Gasteiger partial charge in [0.05, 0.1) is 17.4 Å². The highest BCUT2D eigenvalue weighted by Gasteiger charge is 2.21. The van der Waals surface area contributed by atoms with Gasteiger partial charge in [-0.3, -0.25) is 14.2 Å². The van der Waals surface area contributed by atoms with Crippen LogP contribution in [0.4, 0.5) is 5.69 Å². The van der Waals surface area contributed by atoms with E-state index in [9.17, 15) is 9.59 Å². The molecule has 4 aromatic rings. The average Bonchev–Trinajstić information content (AvgIpc) is 3.33.